The van der Waals surface area contributed by atoms with Crippen LogP contribution in [0, 0.1) is 0 Å². The highest BCUT2D eigenvalue weighted by Crippen LogP contribution is 2.24. The molecule has 7 unspecified atom stereocenters. The fraction of sp³-hybridized carbons (Fsp3) is 0.888. The number of rotatable bonds is 79. The number of aliphatic hydroxyl groups excluding tert-OH is 5. The number of amides is 1. The van der Waals surface area contributed by atoms with E-state index in [9.17, 15) is 35.1 Å². The van der Waals surface area contributed by atoms with Crippen LogP contribution in [0.15, 0.2) is 48.6 Å². The van der Waals surface area contributed by atoms with Crippen molar-refractivity contribution in [2.75, 3.05) is 19.8 Å². The van der Waals surface area contributed by atoms with E-state index < -0.39 is 49.5 Å². The average molecular weight is 1410 g/mol. The summed E-state index contributed by atoms with van der Waals surface area (Å²) < 4.78 is 16.8. The summed E-state index contributed by atoms with van der Waals surface area (Å²) >= 11 is 0. The van der Waals surface area contributed by atoms with Gasteiger partial charge in [-0.15, -0.1) is 0 Å². The molecule has 0 aromatic rings. The lowest BCUT2D eigenvalue weighted by Gasteiger charge is -2.40. The van der Waals surface area contributed by atoms with Crippen molar-refractivity contribution < 1.29 is 49.3 Å². The predicted octanol–water partition coefficient (Wildman–Crippen LogP) is 24.6. The van der Waals surface area contributed by atoms with E-state index in [1.54, 1.807) is 6.08 Å². The topological polar surface area (TPSA) is 175 Å². The van der Waals surface area contributed by atoms with Gasteiger partial charge >= 0.3 is 5.97 Å². The van der Waals surface area contributed by atoms with Gasteiger partial charge < -0.3 is 45.1 Å². The molecule has 1 heterocycles. The van der Waals surface area contributed by atoms with Crippen LogP contribution in [0.3, 0.4) is 0 Å². The number of carbonyl (C=O) groups excluding carboxylic acids is 2. The molecule has 1 aliphatic rings. The fourth-order valence-corrected chi connectivity index (χ4v) is 14.1. The molecular formula is C89H167NO10. The minimum Gasteiger partial charge on any atom is -0.466 e. The van der Waals surface area contributed by atoms with E-state index in [1.807, 2.05) is 6.08 Å². The molecule has 1 rings (SSSR count). The van der Waals surface area contributed by atoms with E-state index in [1.165, 1.54) is 353 Å². The number of unbranched alkanes of at least 4 members (excludes halogenated alkanes) is 59. The van der Waals surface area contributed by atoms with Crippen LogP contribution in [0.5, 0.6) is 0 Å². The maximum atomic E-state index is 13.1. The highest BCUT2D eigenvalue weighted by Gasteiger charge is 2.44. The second-order valence-electron chi connectivity index (χ2n) is 30.6. The standard InChI is InChI=1S/C89H167NO10/c1-3-5-7-9-11-13-15-17-19-20-42-46-49-53-57-61-65-69-73-77-85(94)98-78-74-70-66-62-58-54-50-47-44-41-39-37-35-33-31-29-27-25-23-21-22-24-26-28-30-32-34-36-38-40-43-45-48-52-56-60-64-68-72-76-84(93)90-81(80-99-89-88(97)87(96)86(95)83(79-91)100-89)82(92)75-71-67-63-59-55-51-18-16-14-12-10-8-6-4-2/h14,16,21-22,55,59,71,75,81-83,86-89,91-92,95-97H,3-13,15,17-20,23-54,56-58,60-70,72-74,76-80H2,1-2H3,(H,90,93)/b16-14+,22-21-,59-55+,75-71+. The third kappa shape index (κ3) is 65.2. The van der Waals surface area contributed by atoms with E-state index in [0.29, 0.717) is 19.4 Å². The minimum atomic E-state index is -1.58. The highest BCUT2D eigenvalue weighted by molar-refractivity contribution is 5.76. The Kier molecular flexibility index (Phi) is 74.3. The summed E-state index contributed by atoms with van der Waals surface area (Å²) in [4.78, 5) is 25.2. The predicted molar refractivity (Wildman–Crippen MR) is 426 cm³/mol. The lowest BCUT2D eigenvalue weighted by atomic mass is 9.99. The molecule has 100 heavy (non-hydrogen) atoms. The molecule has 7 atom stereocenters. The van der Waals surface area contributed by atoms with Crippen LogP contribution in [-0.2, 0) is 23.8 Å². The Morgan fingerprint density at radius 1 is 0.360 bits per heavy atom. The van der Waals surface area contributed by atoms with Gasteiger partial charge in [-0.3, -0.25) is 9.59 Å². The van der Waals surface area contributed by atoms with E-state index in [-0.39, 0.29) is 18.5 Å². The van der Waals surface area contributed by atoms with Crippen LogP contribution < -0.4 is 5.32 Å². The first-order valence-corrected chi connectivity index (χ1v) is 43.9. The monoisotopic (exact) mass is 1410 g/mol. The summed E-state index contributed by atoms with van der Waals surface area (Å²) in [5, 5.41) is 54.6. The number of ether oxygens (including phenoxy) is 3. The normalized spacial score (nSPS) is 17.3. The molecule has 1 saturated heterocycles. The Morgan fingerprint density at radius 2 is 0.650 bits per heavy atom. The summed E-state index contributed by atoms with van der Waals surface area (Å²) in [6.07, 6.45) is 94.7. The molecule has 0 aliphatic carbocycles. The lowest BCUT2D eigenvalue weighted by molar-refractivity contribution is -0.302. The van der Waals surface area contributed by atoms with Gasteiger partial charge in [0.2, 0.25) is 5.91 Å². The van der Waals surface area contributed by atoms with Crippen molar-refractivity contribution in [1.29, 1.82) is 0 Å². The molecule has 1 amide bonds. The third-order valence-electron chi connectivity index (χ3n) is 20.9. The van der Waals surface area contributed by atoms with Gasteiger partial charge in [-0.25, -0.2) is 0 Å². The molecule has 0 aromatic heterocycles. The van der Waals surface area contributed by atoms with Crippen molar-refractivity contribution in [3.8, 4) is 0 Å². The molecule has 0 bridgehead atoms. The molecule has 11 heteroatoms. The zero-order valence-electron chi connectivity index (χ0n) is 65.9. The summed E-state index contributed by atoms with van der Waals surface area (Å²) in [7, 11) is 0. The molecule has 0 radical (unpaired) electrons. The first-order valence-electron chi connectivity index (χ1n) is 43.9. The van der Waals surface area contributed by atoms with E-state index >= 15 is 0 Å². The molecule has 6 N–H and O–H groups in total. The van der Waals surface area contributed by atoms with Crippen molar-refractivity contribution in [2.45, 2.75) is 487 Å². The molecular weight excluding hydrogens is 1240 g/mol. The Labute approximate surface area is 618 Å². The average Bonchev–Trinajstić information content (AvgIpc) is 0.822. The number of aliphatic hydroxyl groups is 5. The van der Waals surface area contributed by atoms with Crippen molar-refractivity contribution in [2.24, 2.45) is 0 Å². The van der Waals surface area contributed by atoms with Gasteiger partial charge in [0.25, 0.3) is 0 Å². The van der Waals surface area contributed by atoms with Crippen LogP contribution in [0.1, 0.15) is 444 Å². The van der Waals surface area contributed by atoms with E-state index in [0.717, 1.165) is 64.2 Å². The smallest absolute Gasteiger partial charge is 0.305 e. The first kappa shape index (κ1) is 95.6. The molecule has 1 aliphatic heterocycles. The summed E-state index contributed by atoms with van der Waals surface area (Å²) in [6, 6.07) is -0.832. The van der Waals surface area contributed by atoms with Gasteiger partial charge in [0.15, 0.2) is 6.29 Å². The highest BCUT2D eigenvalue weighted by atomic mass is 16.7. The van der Waals surface area contributed by atoms with Crippen LogP contribution in [0.4, 0.5) is 0 Å². The lowest BCUT2D eigenvalue weighted by Crippen LogP contribution is -2.60. The quantitative estimate of drug-likeness (QED) is 0.0195. The number of nitrogens with one attached hydrogen (secondary N) is 1. The Bertz CT molecular complexity index is 1800. The number of carbonyl (C=O) groups is 2. The second-order valence-corrected chi connectivity index (χ2v) is 30.6. The van der Waals surface area contributed by atoms with Crippen LogP contribution in [0.2, 0.25) is 0 Å². The maximum absolute atomic E-state index is 13.1. The van der Waals surface area contributed by atoms with Crippen LogP contribution in [0.25, 0.3) is 0 Å². The fourth-order valence-electron chi connectivity index (χ4n) is 14.1. The molecule has 1 fully saturated rings. The minimum absolute atomic E-state index is 0.0222. The SMILES string of the molecule is CCCCCC/C=C/CC/C=C/CC/C=C/C(O)C(COC1OC(CO)C(O)C(O)C1O)NC(=O)CCCCCCCCCCCCCCCCCCC/C=C\CCCCCCCCCCCCCCCCCCCCOC(=O)CCCCCCCCCCCCCCCCCCCCC. The summed E-state index contributed by atoms with van der Waals surface area (Å²) in [5.74, 6) is -0.168. The van der Waals surface area contributed by atoms with Gasteiger partial charge in [0, 0.05) is 12.8 Å². The maximum Gasteiger partial charge on any atom is 0.305 e. The van der Waals surface area contributed by atoms with Crippen LogP contribution in [-0.4, -0.2) is 100 Å². The Morgan fingerprint density at radius 3 is 1.00 bits per heavy atom. The molecule has 588 valence electrons. The van der Waals surface area contributed by atoms with Crippen molar-refractivity contribution in [3.63, 3.8) is 0 Å². The molecule has 11 nitrogen and oxygen atoms in total. The van der Waals surface area contributed by atoms with Crippen molar-refractivity contribution in [3.05, 3.63) is 48.6 Å². The summed E-state index contributed by atoms with van der Waals surface area (Å²) in [6.45, 7) is 4.37. The van der Waals surface area contributed by atoms with E-state index in [4.69, 9.17) is 14.2 Å². The number of hydrogen-bond donors (Lipinski definition) is 6. The largest absolute Gasteiger partial charge is 0.466 e. The molecule has 0 spiro atoms. The molecule has 0 aromatic carbocycles. The first-order chi connectivity index (χ1) is 49.2. The number of esters is 1. The number of hydrogen-bond acceptors (Lipinski definition) is 10. The van der Waals surface area contributed by atoms with Gasteiger partial charge in [0.05, 0.1) is 32.0 Å². The van der Waals surface area contributed by atoms with Gasteiger partial charge in [-0.05, 0) is 83.5 Å². The third-order valence-corrected chi connectivity index (χ3v) is 20.9. The van der Waals surface area contributed by atoms with Gasteiger partial charge in [-0.1, -0.05) is 396 Å². The van der Waals surface area contributed by atoms with Gasteiger partial charge in [0.1, 0.15) is 24.4 Å². The second kappa shape index (κ2) is 77.7. The Balaban J connectivity index is 1.87. The zero-order chi connectivity index (χ0) is 72.2. The number of allylic oxidation sites excluding steroid dienone is 7. The van der Waals surface area contributed by atoms with Gasteiger partial charge in [-0.2, -0.15) is 0 Å². The van der Waals surface area contributed by atoms with Crippen LogP contribution >= 0.6 is 0 Å². The van der Waals surface area contributed by atoms with Crippen molar-refractivity contribution in [1.82, 2.24) is 5.32 Å². The van der Waals surface area contributed by atoms with Crippen molar-refractivity contribution >= 4 is 11.9 Å². The van der Waals surface area contributed by atoms with E-state index in [2.05, 4.69) is 55.6 Å². The zero-order valence-corrected chi connectivity index (χ0v) is 65.9. The summed E-state index contributed by atoms with van der Waals surface area (Å²) in [5.41, 5.74) is 0. The molecule has 0 saturated carbocycles. The Hall–Kier alpha value is -2.38.